The first kappa shape index (κ1) is 15.6. The molecule has 23 heavy (non-hydrogen) atoms. The van der Waals surface area contributed by atoms with Crippen LogP contribution in [0, 0.1) is 0 Å². The largest absolute Gasteiger partial charge is 0.372 e. The van der Waals surface area contributed by atoms with E-state index in [9.17, 15) is 4.79 Å². The van der Waals surface area contributed by atoms with Gasteiger partial charge >= 0.3 is 0 Å². The lowest BCUT2D eigenvalue weighted by Gasteiger charge is -2.20. The number of carbonyl (C=O) groups is 1. The quantitative estimate of drug-likeness (QED) is 0.827. The number of anilines is 2. The van der Waals surface area contributed by atoms with E-state index in [-0.39, 0.29) is 5.91 Å². The summed E-state index contributed by atoms with van der Waals surface area (Å²) in [6.45, 7) is 6.24. The Hall–Kier alpha value is -2.26. The molecule has 0 aromatic heterocycles. The fourth-order valence-corrected chi connectivity index (χ4v) is 3.01. The molecule has 0 bridgehead atoms. The maximum atomic E-state index is 12.2. The number of amides is 1. The second-order valence-corrected chi connectivity index (χ2v) is 5.90. The van der Waals surface area contributed by atoms with Crippen molar-refractivity contribution in [3.8, 4) is 0 Å². The summed E-state index contributed by atoms with van der Waals surface area (Å²) < 4.78 is 0. The average molecular weight is 327 g/mol. The second-order valence-electron chi connectivity index (χ2n) is 5.47. The molecule has 2 aromatic carbocycles. The van der Waals surface area contributed by atoms with Gasteiger partial charge in [-0.2, -0.15) is 0 Å². The maximum absolute atomic E-state index is 12.2. The zero-order chi connectivity index (χ0) is 16.4. The highest BCUT2D eigenvalue weighted by Gasteiger charge is 2.24. The Morgan fingerprint density at radius 2 is 1.78 bits per heavy atom. The molecule has 0 saturated heterocycles. The number of nitrogens with zero attached hydrogens (tertiary/aromatic N) is 1. The first-order valence-electron chi connectivity index (χ1n) is 7.80. The van der Waals surface area contributed by atoms with Gasteiger partial charge in [-0.3, -0.25) is 4.79 Å². The molecule has 0 spiro atoms. The molecule has 3 rings (SSSR count). The molecular weight excluding hydrogens is 308 g/mol. The normalized spacial score (nSPS) is 14.7. The van der Waals surface area contributed by atoms with Crippen LogP contribution in [0.1, 0.15) is 25.0 Å². The Morgan fingerprint density at radius 1 is 1.09 bits per heavy atom. The van der Waals surface area contributed by atoms with Crippen molar-refractivity contribution < 1.29 is 4.79 Å². The third-order valence-electron chi connectivity index (χ3n) is 4.10. The summed E-state index contributed by atoms with van der Waals surface area (Å²) in [6.07, 6.45) is 1.91. The van der Waals surface area contributed by atoms with Crippen LogP contribution in [0.25, 0.3) is 11.6 Å². The first-order valence-corrected chi connectivity index (χ1v) is 8.18. The Balaban J connectivity index is 1.93. The second kappa shape index (κ2) is 6.47. The molecule has 1 aliphatic rings. The number of hydrogen-bond acceptors (Lipinski definition) is 2. The minimum atomic E-state index is -0.0879. The zero-order valence-corrected chi connectivity index (χ0v) is 14.0. The molecule has 0 atom stereocenters. The molecule has 1 aliphatic heterocycles. The van der Waals surface area contributed by atoms with Crippen LogP contribution < -0.4 is 10.2 Å². The van der Waals surface area contributed by atoms with Crippen molar-refractivity contribution in [3.05, 3.63) is 58.6 Å². The van der Waals surface area contributed by atoms with Gasteiger partial charge in [-0.1, -0.05) is 23.7 Å². The predicted octanol–water partition coefficient (Wildman–Crippen LogP) is 4.68. The lowest BCUT2D eigenvalue weighted by molar-refractivity contribution is -0.110. The Bertz CT molecular complexity index is 761. The minimum absolute atomic E-state index is 0.0879. The van der Waals surface area contributed by atoms with Gasteiger partial charge in [0.15, 0.2) is 0 Å². The van der Waals surface area contributed by atoms with Crippen LogP contribution in [0.3, 0.4) is 0 Å². The topological polar surface area (TPSA) is 32.3 Å². The van der Waals surface area contributed by atoms with Gasteiger partial charge < -0.3 is 10.2 Å². The highest BCUT2D eigenvalue weighted by Crippen LogP contribution is 2.35. The van der Waals surface area contributed by atoms with Crippen molar-refractivity contribution >= 4 is 40.5 Å². The number of nitrogens with one attached hydrogen (secondary N) is 1. The van der Waals surface area contributed by atoms with E-state index in [4.69, 9.17) is 11.6 Å². The molecule has 0 fully saturated rings. The Labute approximate surface area is 141 Å². The van der Waals surface area contributed by atoms with Crippen LogP contribution >= 0.6 is 11.6 Å². The SMILES string of the molecule is CCN(CC)c1ccc(/C=C2\C(=O)Nc3ccc(Cl)cc32)cc1. The molecule has 1 heterocycles. The number of halogens is 1. The molecule has 1 amide bonds. The summed E-state index contributed by atoms with van der Waals surface area (Å²) in [6, 6.07) is 13.7. The maximum Gasteiger partial charge on any atom is 0.256 e. The van der Waals surface area contributed by atoms with Crippen molar-refractivity contribution in [2.45, 2.75) is 13.8 Å². The van der Waals surface area contributed by atoms with Gasteiger partial charge in [0.05, 0.1) is 0 Å². The molecule has 1 N–H and O–H groups in total. The van der Waals surface area contributed by atoms with Crippen LogP contribution in [-0.2, 0) is 4.79 Å². The summed E-state index contributed by atoms with van der Waals surface area (Å²) in [5, 5.41) is 3.50. The summed E-state index contributed by atoms with van der Waals surface area (Å²) >= 11 is 6.06. The minimum Gasteiger partial charge on any atom is -0.372 e. The van der Waals surface area contributed by atoms with E-state index in [1.807, 2.05) is 30.3 Å². The van der Waals surface area contributed by atoms with E-state index in [1.165, 1.54) is 5.69 Å². The molecule has 0 saturated carbocycles. The Morgan fingerprint density at radius 3 is 2.43 bits per heavy atom. The number of fused-ring (bicyclic) bond motifs is 1. The monoisotopic (exact) mass is 326 g/mol. The van der Waals surface area contributed by atoms with E-state index < -0.39 is 0 Å². The molecule has 0 aliphatic carbocycles. The van der Waals surface area contributed by atoms with Crippen LogP contribution in [-0.4, -0.2) is 19.0 Å². The number of carbonyl (C=O) groups excluding carboxylic acids is 1. The van der Waals surface area contributed by atoms with E-state index in [0.29, 0.717) is 10.6 Å². The van der Waals surface area contributed by atoms with Crippen LogP contribution in [0.5, 0.6) is 0 Å². The number of benzene rings is 2. The number of hydrogen-bond donors (Lipinski definition) is 1. The molecular formula is C19H19ClN2O. The van der Waals surface area contributed by atoms with Gasteiger partial charge in [-0.15, -0.1) is 0 Å². The van der Waals surface area contributed by atoms with Gasteiger partial charge in [0, 0.05) is 40.6 Å². The molecule has 0 radical (unpaired) electrons. The predicted molar refractivity (Wildman–Crippen MR) is 98.0 cm³/mol. The van der Waals surface area contributed by atoms with Gasteiger partial charge in [-0.25, -0.2) is 0 Å². The zero-order valence-electron chi connectivity index (χ0n) is 13.3. The van der Waals surface area contributed by atoms with Crippen molar-refractivity contribution in [3.63, 3.8) is 0 Å². The van der Waals surface area contributed by atoms with Crippen LogP contribution in [0.15, 0.2) is 42.5 Å². The highest BCUT2D eigenvalue weighted by molar-refractivity contribution is 6.36. The van der Waals surface area contributed by atoms with Gasteiger partial charge in [0.25, 0.3) is 5.91 Å². The summed E-state index contributed by atoms with van der Waals surface area (Å²) in [7, 11) is 0. The van der Waals surface area contributed by atoms with Gasteiger partial charge in [0.1, 0.15) is 0 Å². The molecule has 118 valence electrons. The van der Waals surface area contributed by atoms with Crippen LogP contribution in [0.2, 0.25) is 5.02 Å². The van der Waals surface area contributed by atoms with Crippen molar-refractivity contribution in [2.75, 3.05) is 23.3 Å². The van der Waals surface area contributed by atoms with E-state index in [2.05, 4.69) is 36.2 Å². The molecule has 3 nitrogen and oxygen atoms in total. The third-order valence-corrected chi connectivity index (χ3v) is 4.33. The van der Waals surface area contributed by atoms with E-state index >= 15 is 0 Å². The fourth-order valence-electron chi connectivity index (χ4n) is 2.84. The smallest absolute Gasteiger partial charge is 0.256 e. The van der Waals surface area contributed by atoms with Crippen LogP contribution in [0.4, 0.5) is 11.4 Å². The van der Waals surface area contributed by atoms with E-state index in [1.54, 1.807) is 6.07 Å². The summed E-state index contributed by atoms with van der Waals surface area (Å²) in [5.74, 6) is -0.0879. The lowest BCUT2D eigenvalue weighted by atomic mass is 10.0. The van der Waals surface area contributed by atoms with Crippen molar-refractivity contribution in [1.82, 2.24) is 0 Å². The Kier molecular flexibility index (Phi) is 4.39. The standard InChI is InChI=1S/C19H19ClN2O/c1-3-22(4-2)15-8-5-13(6-9-15)11-17-16-12-14(20)7-10-18(16)21-19(17)23/h5-12H,3-4H2,1-2H3,(H,21,23)/b17-11-. The molecule has 4 heteroatoms. The van der Waals surface area contributed by atoms with Crippen molar-refractivity contribution in [1.29, 1.82) is 0 Å². The lowest BCUT2D eigenvalue weighted by Crippen LogP contribution is -2.21. The molecule has 0 unspecified atom stereocenters. The van der Waals surface area contributed by atoms with E-state index in [0.717, 1.165) is 29.9 Å². The third kappa shape index (κ3) is 3.10. The average Bonchev–Trinajstić information content (AvgIpc) is 2.86. The molecule has 2 aromatic rings. The van der Waals surface area contributed by atoms with Gasteiger partial charge in [0.2, 0.25) is 0 Å². The number of rotatable bonds is 4. The highest BCUT2D eigenvalue weighted by atomic mass is 35.5. The summed E-state index contributed by atoms with van der Waals surface area (Å²) in [5.41, 5.74) is 4.51. The first-order chi connectivity index (χ1) is 11.1. The van der Waals surface area contributed by atoms with Gasteiger partial charge in [-0.05, 0) is 55.8 Å². The van der Waals surface area contributed by atoms with Crippen molar-refractivity contribution in [2.24, 2.45) is 0 Å². The summed E-state index contributed by atoms with van der Waals surface area (Å²) in [4.78, 5) is 14.5. The fraction of sp³-hybridized carbons (Fsp3) is 0.211.